The van der Waals surface area contributed by atoms with E-state index in [0.717, 1.165) is 0 Å². The Balaban J connectivity index is 2.49. The first-order valence-corrected chi connectivity index (χ1v) is 5.53. The van der Waals surface area contributed by atoms with Gasteiger partial charge in [-0.1, -0.05) is 0 Å². The van der Waals surface area contributed by atoms with Gasteiger partial charge in [0.05, 0.1) is 12.9 Å². The van der Waals surface area contributed by atoms with Gasteiger partial charge in [0.15, 0.2) is 5.54 Å². The summed E-state index contributed by atoms with van der Waals surface area (Å²) < 4.78 is 9.89. The number of aliphatic carboxylic acids is 1. The van der Waals surface area contributed by atoms with Crippen molar-refractivity contribution >= 4 is 11.9 Å². The van der Waals surface area contributed by atoms with Gasteiger partial charge in [0.25, 0.3) is 0 Å². The Bertz CT molecular complexity index is 401. The van der Waals surface area contributed by atoms with Crippen LogP contribution < -0.4 is 5.32 Å². The summed E-state index contributed by atoms with van der Waals surface area (Å²) in [4.78, 5) is 22.7. The summed E-state index contributed by atoms with van der Waals surface area (Å²) >= 11 is 0. The number of aryl methyl sites for hydroxylation is 1. The van der Waals surface area contributed by atoms with Gasteiger partial charge in [-0.05, 0) is 19.1 Å². The number of rotatable bonds is 7. The highest BCUT2D eigenvalue weighted by atomic mass is 16.5. The van der Waals surface area contributed by atoms with Crippen LogP contribution in [-0.2, 0) is 20.7 Å². The van der Waals surface area contributed by atoms with Gasteiger partial charge in [-0.3, -0.25) is 4.79 Å². The Morgan fingerprint density at radius 3 is 2.78 bits per heavy atom. The molecule has 1 amide bonds. The van der Waals surface area contributed by atoms with Crippen LogP contribution in [0.2, 0.25) is 0 Å². The molecule has 0 radical (unpaired) electrons. The first-order valence-electron chi connectivity index (χ1n) is 5.53. The van der Waals surface area contributed by atoms with E-state index in [1.807, 2.05) is 0 Å². The zero-order chi connectivity index (χ0) is 13.6. The van der Waals surface area contributed by atoms with E-state index < -0.39 is 11.5 Å². The molecule has 1 aromatic heterocycles. The van der Waals surface area contributed by atoms with E-state index in [9.17, 15) is 9.59 Å². The first kappa shape index (κ1) is 14.2. The summed E-state index contributed by atoms with van der Waals surface area (Å²) in [6.45, 7) is 1.32. The highest BCUT2D eigenvalue weighted by molar-refractivity contribution is 5.86. The van der Waals surface area contributed by atoms with Crippen LogP contribution in [0.5, 0.6) is 0 Å². The molecule has 0 saturated carbocycles. The van der Waals surface area contributed by atoms with Crippen molar-refractivity contribution in [1.82, 2.24) is 5.32 Å². The van der Waals surface area contributed by atoms with Gasteiger partial charge in [-0.25, -0.2) is 4.79 Å². The predicted octanol–water partition coefficient (Wildman–Crippen LogP) is 0.818. The third-order valence-corrected chi connectivity index (χ3v) is 2.50. The van der Waals surface area contributed by atoms with Crippen molar-refractivity contribution in [2.24, 2.45) is 0 Å². The molecule has 0 saturated heterocycles. The summed E-state index contributed by atoms with van der Waals surface area (Å²) in [5.74, 6) is -0.794. The monoisotopic (exact) mass is 255 g/mol. The van der Waals surface area contributed by atoms with E-state index in [2.05, 4.69) is 5.32 Å². The highest BCUT2D eigenvalue weighted by Gasteiger charge is 2.34. The molecule has 100 valence electrons. The molecule has 1 aromatic rings. The van der Waals surface area contributed by atoms with E-state index >= 15 is 0 Å². The number of carbonyl (C=O) groups is 2. The Morgan fingerprint density at radius 2 is 2.28 bits per heavy atom. The quantitative estimate of drug-likeness (QED) is 0.753. The second-order valence-electron chi connectivity index (χ2n) is 4.20. The average Bonchev–Trinajstić information content (AvgIpc) is 2.79. The van der Waals surface area contributed by atoms with Crippen LogP contribution in [0.4, 0.5) is 0 Å². The van der Waals surface area contributed by atoms with Crippen molar-refractivity contribution in [3.8, 4) is 0 Å². The van der Waals surface area contributed by atoms with Crippen molar-refractivity contribution in [2.45, 2.75) is 25.3 Å². The van der Waals surface area contributed by atoms with Gasteiger partial charge >= 0.3 is 5.97 Å². The molecular weight excluding hydrogens is 238 g/mol. The third kappa shape index (κ3) is 3.89. The number of furan rings is 1. The minimum atomic E-state index is -1.41. The smallest absolute Gasteiger partial charge is 0.331 e. The molecule has 6 heteroatoms. The number of carboxylic acid groups (broad SMARTS) is 1. The van der Waals surface area contributed by atoms with Crippen LogP contribution in [0.15, 0.2) is 22.8 Å². The van der Waals surface area contributed by atoms with Crippen LogP contribution in [-0.4, -0.2) is 36.2 Å². The molecule has 0 spiro atoms. The lowest BCUT2D eigenvalue weighted by Gasteiger charge is -2.25. The fraction of sp³-hybridized carbons (Fsp3) is 0.500. The number of amides is 1. The number of hydrogen-bond donors (Lipinski definition) is 2. The van der Waals surface area contributed by atoms with Crippen LogP contribution in [0.25, 0.3) is 0 Å². The molecule has 0 fully saturated rings. The van der Waals surface area contributed by atoms with E-state index in [1.54, 1.807) is 12.1 Å². The summed E-state index contributed by atoms with van der Waals surface area (Å²) in [5, 5.41) is 11.5. The zero-order valence-electron chi connectivity index (χ0n) is 10.4. The largest absolute Gasteiger partial charge is 0.479 e. The molecule has 0 aliphatic rings. The van der Waals surface area contributed by atoms with Crippen molar-refractivity contribution < 1.29 is 23.8 Å². The second-order valence-corrected chi connectivity index (χ2v) is 4.20. The third-order valence-electron chi connectivity index (χ3n) is 2.50. The summed E-state index contributed by atoms with van der Waals surface area (Å²) in [7, 11) is 1.39. The van der Waals surface area contributed by atoms with Gasteiger partial charge in [-0.15, -0.1) is 0 Å². The van der Waals surface area contributed by atoms with E-state index in [1.165, 1.54) is 20.3 Å². The number of nitrogens with one attached hydrogen (secondary N) is 1. The maximum atomic E-state index is 11.7. The summed E-state index contributed by atoms with van der Waals surface area (Å²) in [5.41, 5.74) is -1.41. The highest BCUT2D eigenvalue weighted by Crippen LogP contribution is 2.07. The Hall–Kier alpha value is -1.82. The van der Waals surface area contributed by atoms with Crippen molar-refractivity contribution in [3.63, 3.8) is 0 Å². The van der Waals surface area contributed by atoms with E-state index in [4.69, 9.17) is 14.3 Å². The second kappa shape index (κ2) is 6.20. The molecule has 0 aliphatic heterocycles. The van der Waals surface area contributed by atoms with E-state index in [-0.39, 0.29) is 18.9 Å². The SMILES string of the molecule is COCC(C)(NC(=O)CCc1ccco1)C(=O)O. The van der Waals surface area contributed by atoms with Gasteiger partial charge in [-0.2, -0.15) is 0 Å². The lowest BCUT2D eigenvalue weighted by Crippen LogP contribution is -2.55. The van der Waals surface area contributed by atoms with E-state index in [0.29, 0.717) is 12.2 Å². The zero-order valence-corrected chi connectivity index (χ0v) is 10.4. The molecule has 2 N–H and O–H groups in total. The average molecular weight is 255 g/mol. The first-order chi connectivity index (χ1) is 8.48. The molecule has 1 unspecified atom stereocenters. The minimum absolute atomic E-state index is 0.0885. The summed E-state index contributed by atoms with van der Waals surface area (Å²) in [6.07, 6.45) is 2.13. The molecule has 0 bridgehead atoms. The van der Waals surface area contributed by atoms with Crippen LogP contribution in [0.3, 0.4) is 0 Å². The summed E-state index contributed by atoms with van der Waals surface area (Å²) in [6, 6.07) is 3.50. The lowest BCUT2D eigenvalue weighted by atomic mass is 10.0. The number of methoxy groups -OCH3 is 1. The molecule has 1 atom stereocenters. The molecule has 1 heterocycles. The van der Waals surface area contributed by atoms with Crippen LogP contribution >= 0.6 is 0 Å². The van der Waals surface area contributed by atoms with Crippen molar-refractivity contribution in [3.05, 3.63) is 24.2 Å². The number of carboxylic acids is 1. The molecule has 0 aromatic carbocycles. The molecular formula is C12H17NO5. The lowest BCUT2D eigenvalue weighted by molar-refractivity contribution is -0.149. The Kier molecular flexibility index (Phi) is 4.91. The standard InChI is InChI=1S/C12H17NO5/c1-12(8-17-2,11(15)16)13-10(14)6-5-9-4-3-7-18-9/h3-4,7H,5-6,8H2,1-2H3,(H,13,14)(H,15,16). The van der Waals surface area contributed by atoms with Gasteiger partial charge < -0.3 is 19.6 Å². The Labute approximate surface area is 105 Å². The number of carbonyl (C=O) groups excluding carboxylic acids is 1. The van der Waals surface area contributed by atoms with Crippen LogP contribution in [0.1, 0.15) is 19.1 Å². The van der Waals surface area contributed by atoms with Gasteiger partial charge in [0.1, 0.15) is 5.76 Å². The fourth-order valence-corrected chi connectivity index (χ4v) is 1.50. The van der Waals surface area contributed by atoms with Gasteiger partial charge in [0, 0.05) is 20.0 Å². The molecule has 1 rings (SSSR count). The fourth-order valence-electron chi connectivity index (χ4n) is 1.50. The molecule has 0 aliphatic carbocycles. The Morgan fingerprint density at radius 1 is 1.56 bits per heavy atom. The van der Waals surface area contributed by atoms with Crippen molar-refractivity contribution in [2.75, 3.05) is 13.7 Å². The minimum Gasteiger partial charge on any atom is -0.479 e. The normalized spacial score (nSPS) is 13.9. The maximum absolute atomic E-state index is 11.7. The van der Waals surface area contributed by atoms with Gasteiger partial charge in [0.2, 0.25) is 5.91 Å². The maximum Gasteiger partial charge on any atom is 0.331 e. The van der Waals surface area contributed by atoms with Crippen LogP contribution in [0, 0.1) is 0 Å². The molecule has 6 nitrogen and oxygen atoms in total. The predicted molar refractivity (Wildman–Crippen MR) is 63.1 cm³/mol. The number of hydrogen-bond acceptors (Lipinski definition) is 4. The van der Waals surface area contributed by atoms with Crippen molar-refractivity contribution in [1.29, 1.82) is 0 Å². The number of ether oxygens (including phenoxy) is 1. The molecule has 18 heavy (non-hydrogen) atoms. The topological polar surface area (TPSA) is 88.8 Å².